The third-order valence-corrected chi connectivity index (χ3v) is 2.04. The molecule has 0 N–H and O–H groups in total. The molecular formula is C13H12N2. The van der Waals surface area contributed by atoms with Gasteiger partial charge in [0.15, 0.2) is 0 Å². The predicted octanol–water partition coefficient (Wildman–Crippen LogP) is 2.96. The van der Waals surface area contributed by atoms with Crippen molar-refractivity contribution in [1.82, 2.24) is 9.97 Å². The van der Waals surface area contributed by atoms with Crippen molar-refractivity contribution < 1.29 is 0 Å². The van der Waals surface area contributed by atoms with E-state index in [4.69, 9.17) is 0 Å². The van der Waals surface area contributed by atoms with Crippen molar-refractivity contribution in [3.63, 3.8) is 0 Å². The summed E-state index contributed by atoms with van der Waals surface area (Å²) in [6, 6.07) is 9.91. The van der Waals surface area contributed by atoms with E-state index in [0.29, 0.717) is 0 Å². The van der Waals surface area contributed by atoms with Crippen molar-refractivity contribution >= 4 is 12.2 Å². The zero-order chi connectivity index (χ0) is 10.5. The van der Waals surface area contributed by atoms with Gasteiger partial charge in [0.2, 0.25) is 0 Å². The zero-order valence-electron chi connectivity index (χ0n) is 8.59. The largest absolute Gasteiger partial charge is 0.264 e. The van der Waals surface area contributed by atoms with Crippen LogP contribution in [0.2, 0.25) is 0 Å². The molecule has 0 spiro atoms. The fraction of sp³-hybridized carbons (Fsp3) is 0.0769. The summed E-state index contributed by atoms with van der Waals surface area (Å²) >= 11 is 0. The summed E-state index contributed by atoms with van der Waals surface area (Å²) in [6.45, 7) is 1.99. The van der Waals surface area contributed by atoms with E-state index in [1.807, 2.05) is 55.6 Å². The van der Waals surface area contributed by atoms with Gasteiger partial charge in [-0.2, -0.15) is 0 Å². The lowest BCUT2D eigenvalue weighted by atomic mass is 10.2. The summed E-state index contributed by atoms with van der Waals surface area (Å²) in [5, 5.41) is 0. The van der Waals surface area contributed by atoms with Gasteiger partial charge in [0.25, 0.3) is 0 Å². The van der Waals surface area contributed by atoms with Gasteiger partial charge in [0.1, 0.15) is 0 Å². The average Bonchev–Trinajstić information content (AvgIpc) is 2.28. The molecule has 2 heterocycles. The molecule has 0 saturated carbocycles. The lowest BCUT2D eigenvalue weighted by Gasteiger charge is -1.94. The SMILES string of the molecule is Cc1cccc(C=Cc2cccnc2)n1. The number of pyridine rings is 2. The maximum absolute atomic E-state index is 4.38. The fourth-order valence-electron chi connectivity index (χ4n) is 1.31. The van der Waals surface area contributed by atoms with Gasteiger partial charge in [0, 0.05) is 18.1 Å². The van der Waals surface area contributed by atoms with Crippen molar-refractivity contribution in [2.75, 3.05) is 0 Å². The second-order valence-corrected chi connectivity index (χ2v) is 3.32. The number of aryl methyl sites for hydroxylation is 1. The molecule has 15 heavy (non-hydrogen) atoms. The number of hydrogen-bond donors (Lipinski definition) is 0. The van der Waals surface area contributed by atoms with Crippen LogP contribution in [0.4, 0.5) is 0 Å². The van der Waals surface area contributed by atoms with Crippen molar-refractivity contribution in [1.29, 1.82) is 0 Å². The lowest BCUT2D eigenvalue weighted by Crippen LogP contribution is -1.83. The molecular weight excluding hydrogens is 184 g/mol. The minimum absolute atomic E-state index is 0.971. The molecule has 0 aromatic carbocycles. The molecule has 2 aromatic heterocycles. The Balaban J connectivity index is 2.19. The van der Waals surface area contributed by atoms with Crippen LogP contribution >= 0.6 is 0 Å². The van der Waals surface area contributed by atoms with Crippen LogP contribution in [0.5, 0.6) is 0 Å². The Hall–Kier alpha value is -1.96. The Morgan fingerprint density at radius 1 is 1.07 bits per heavy atom. The second-order valence-electron chi connectivity index (χ2n) is 3.32. The first-order valence-electron chi connectivity index (χ1n) is 4.86. The molecule has 0 aliphatic rings. The van der Waals surface area contributed by atoms with Crippen LogP contribution in [-0.4, -0.2) is 9.97 Å². The summed E-state index contributed by atoms with van der Waals surface area (Å²) in [4.78, 5) is 8.42. The van der Waals surface area contributed by atoms with Gasteiger partial charge in [-0.05, 0) is 36.8 Å². The maximum atomic E-state index is 4.38. The van der Waals surface area contributed by atoms with Gasteiger partial charge in [-0.3, -0.25) is 9.97 Å². The monoisotopic (exact) mass is 196 g/mol. The third kappa shape index (κ3) is 2.74. The zero-order valence-corrected chi connectivity index (χ0v) is 8.59. The highest BCUT2D eigenvalue weighted by Crippen LogP contribution is 2.05. The first kappa shape index (κ1) is 9.59. The third-order valence-electron chi connectivity index (χ3n) is 2.04. The van der Waals surface area contributed by atoms with Crippen LogP contribution < -0.4 is 0 Å². The normalized spacial score (nSPS) is 10.7. The van der Waals surface area contributed by atoms with Gasteiger partial charge in [-0.25, -0.2) is 0 Å². The quantitative estimate of drug-likeness (QED) is 0.738. The number of hydrogen-bond acceptors (Lipinski definition) is 2. The van der Waals surface area contributed by atoms with Crippen LogP contribution in [0, 0.1) is 6.92 Å². The van der Waals surface area contributed by atoms with Crippen LogP contribution in [0.15, 0.2) is 42.7 Å². The highest BCUT2D eigenvalue weighted by molar-refractivity contribution is 5.67. The topological polar surface area (TPSA) is 25.8 Å². The molecule has 0 radical (unpaired) electrons. The Kier molecular flexibility index (Phi) is 2.88. The first-order valence-corrected chi connectivity index (χ1v) is 4.86. The molecule has 0 amide bonds. The molecule has 0 unspecified atom stereocenters. The van der Waals surface area contributed by atoms with E-state index in [2.05, 4.69) is 9.97 Å². The van der Waals surface area contributed by atoms with Crippen molar-refractivity contribution in [3.05, 3.63) is 59.7 Å². The van der Waals surface area contributed by atoms with Crippen molar-refractivity contribution in [2.24, 2.45) is 0 Å². The molecule has 74 valence electrons. The Bertz CT molecular complexity index is 461. The Morgan fingerprint density at radius 3 is 2.73 bits per heavy atom. The summed E-state index contributed by atoms with van der Waals surface area (Å²) < 4.78 is 0. The molecule has 0 aliphatic heterocycles. The van der Waals surface area contributed by atoms with Crippen molar-refractivity contribution in [3.8, 4) is 0 Å². The molecule has 0 fully saturated rings. The number of rotatable bonds is 2. The minimum atomic E-state index is 0.971. The number of aromatic nitrogens is 2. The standard InChI is InChI=1S/C13H12N2/c1-11-4-2-6-13(15-11)8-7-12-5-3-9-14-10-12/h2-10H,1H3. The number of nitrogens with zero attached hydrogens (tertiary/aromatic N) is 2. The van der Waals surface area contributed by atoms with Crippen molar-refractivity contribution in [2.45, 2.75) is 6.92 Å². The summed E-state index contributed by atoms with van der Waals surface area (Å²) in [5.74, 6) is 0. The van der Waals surface area contributed by atoms with Gasteiger partial charge >= 0.3 is 0 Å². The van der Waals surface area contributed by atoms with Crippen LogP contribution in [0.3, 0.4) is 0 Å². The summed E-state index contributed by atoms with van der Waals surface area (Å²) in [6.07, 6.45) is 7.59. The maximum Gasteiger partial charge on any atom is 0.0633 e. The smallest absolute Gasteiger partial charge is 0.0633 e. The first-order chi connectivity index (χ1) is 7.34. The molecule has 2 heteroatoms. The molecule has 0 aliphatic carbocycles. The molecule has 0 bridgehead atoms. The van der Waals surface area contributed by atoms with E-state index < -0.39 is 0 Å². The Morgan fingerprint density at radius 2 is 2.00 bits per heavy atom. The van der Waals surface area contributed by atoms with E-state index in [9.17, 15) is 0 Å². The molecule has 2 aromatic rings. The van der Waals surface area contributed by atoms with Crippen LogP contribution in [0.1, 0.15) is 17.0 Å². The molecule has 2 rings (SSSR count). The van der Waals surface area contributed by atoms with Gasteiger partial charge < -0.3 is 0 Å². The Labute approximate surface area is 89.3 Å². The van der Waals surface area contributed by atoms with Gasteiger partial charge in [-0.1, -0.05) is 18.2 Å². The fourth-order valence-corrected chi connectivity index (χ4v) is 1.31. The van der Waals surface area contributed by atoms with E-state index in [-0.39, 0.29) is 0 Å². The molecule has 0 atom stereocenters. The van der Waals surface area contributed by atoms with Crippen LogP contribution in [0.25, 0.3) is 12.2 Å². The van der Waals surface area contributed by atoms with E-state index in [1.165, 1.54) is 0 Å². The van der Waals surface area contributed by atoms with Gasteiger partial charge in [-0.15, -0.1) is 0 Å². The highest BCUT2D eigenvalue weighted by atomic mass is 14.7. The average molecular weight is 196 g/mol. The molecule has 2 nitrogen and oxygen atoms in total. The molecule has 0 saturated heterocycles. The highest BCUT2D eigenvalue weighted by Gasteiger charge is 1.89. The second kappa shape index (κ2) is 4.51. The summed E-state index contributed by atoms with van der Waals surface area (Å²) in [5.41, 5.74) is 3.09. The lowest BCUT2D eigenvalue weighted by molar-refractivity contribution is 1.18. The minimum Gasteiger partial charge on any atom is -0.264 e. The van der Waals surface area contributed by atoms with Gasteiger partial charge in [0.05, 0.1) is 5.69 Å². The predicted molar refractivity (Wildman–Crippen MR) is 62.1 cm³/mol. The summed E-state index contributed by atoms with van der Waals surface area (Å²) in [7, 11) is 0. The van der Waals surface area contributed by atoms with E-state index in [1.54, 1.807) is 6.20 Å². The van der Waals surface area contributed by atoms with E-state index >= 15 is 0 Å². The van der Waals surface area contributed by atoms with Crippen LogP contribution in [-0.2, 0) is 0 Å². The van der Waals surface area contributed by atoms with E-state index in [0.717, 1.165) is 17.0 Å².